The summed E-state index contributed by atoms with van der Waals surface area (Å²) in [7, 11) is 0. The molecule has 1 N–H and O–H groups in total. The molecule has 0 spiro atoms. The van der Waals surface area contributed by atoms with Gasteiger partial charge in [0.1, 0.15) is 0 Å². The van der Waals surface area contributed by atoms with Crippen molar-refractivity contribution in [2.45, 2.75) is 30.9 Å². The van der Waals surface area contributed by atoms with Crippen LogP contribution in [0.2, 0.25) is 0 Å². The molecule has 1 unspecified atom stereocenters. The van der Waals surface area contributed by atoms with Gasteiger partial charge in [-0.1, -0.05) is 0 Å². The molecule has 0 aliphatic carbocycles. The third kappa shape index (κ3) is 2.97. The SMILES string of the molecule is Cl.O=C(C1CCCS1)N1CC[C@@H]2CNC[C@@H]2CC1. The van der Waals surface area contributed by atoms with Gasteiger partial charge in [0.15, 0.2) is 0 Å². The number of carbonyl (C=O) groups excluding carboxylic acids is 1. The van der Waals surface area contributed by atoms with E-state index in [-0.39, 0.29) is 17.7 Å². The third-order valence-corrected chi connectivity index (χ3v) is 5.90. The first-order valence-corrected chi connectivity index (χ1v) is 8.00. The van der Waals surface area contributed by atoms with Crippen LogP contribution in [0.15, 0.2) is 0 Å². The minimum Gasteiger partial charge on any atom is -0.342 e. The van der Waals surface area contributed by atoms with E-state index in [1.165, 1.54) is 38.1 Å². The number of rotatable bonds is 1. The summed E-state index contributed by atoms with van der Waals surface area (Å²) in [5.74, 6) is 3.26. The number of nitrogens with one attached hydrogen (secondary N) is 1. The van der Waals surface area contributed by atoms with Gasteiger partial charge >= 0.3 is 0 Å². The maximum Gasteiger partial charge on any atom is 0.235 e. The summed E-state index contributed by atoms with van der Waals surface area (Å²) < 4.78 is 0. The molecule has 0 aromatic heterocycles. The summed E-state index contributed by atoms with van der Waals surface area (Å²) in [5.41, 5.74) is 0. The van der Waals surface area contributed by atoms with E-state index in [0.29, 0.717) is 5.91 Å². The van der Waals surface area contributed by atoms with E-state index in [0.717, 1.165) is 31.3 Å². The fraction of sp³-hybridized carbons (Fsp3) is 0.923. The van der Waals surface area contributed by atoms with Gasteiger partial charge in [0.25, 0.3) is 0 Å². The molecule has 5 heteroatoms. The van der Waals surface area contributed by atoms with Crippen LogP contribution in [0.1, 0.15) is 25.7 Å². The molecule has 104 valence electrons. The maximum absolute atomic E-state index is 12.4. The first-order chi connectivity index (χ1) is 8.34. The first-order valence-electron chi connectivity index (χ1n) is 6.95. The largest absolute Gasteiger partial charge is 0.342 e. The van der Waals surface area contributed by atoms with Crippen LogP contribution in [0, 0.1) is 11.8 Å². The zero-order chi connectivity index (χ0) is 11.7. The molecule has 0 saturated carbocycles. The number of amides is 1. The maximum atomic E-state index is 12.4. The summed E-state index contributed by atoms with van der Waals surface area (Å²) in [6.07, 6.45) is 4.75. The van der Waals surface area contributed by atoms with E-state index in [2.05, 4.69) is 10.2 Å². The van der Waals surface area contributed by atoms with Crippen LogP contribution in [-0.2, 0) is 4.79 Å². The van der Waals surface area contributed by atoms with Gasteiger partial charge in [-0.05, 0) is 56.4 Å². The Morgan fingerprint density at radius 2 is 1.78 bits per heavy atom. The average molecular weight is 291 g/mol. The molecule has 0 radical (unpaired) electrons. The Kier molecular flexibility index (Phi) is 5.22. The molecule has 3 saturated heterocycles. The van der Waals surface area contributed by atoms with E-state index < -0.39 is 0 Å². The van der Waals surface area contributed by atoms with Gasteiger partial charge in [-0.25, -0.2) is 0 Å². The van der Waals surface area contributed by atoms with Crippen molar-refractivity contribution in [2.75, 3.05) is 31.9 Å². The van der Waals surface area contributed by atoms with Crippen molar-refractivity contribution in [3.63, 3.8) is 0 Å². The second-order valence-electron chi connectivity index (χ2n) is 5.58. The van der Waals surface area contributed by atoms with Crippen molar-refractivity contribution in [3.05, 3.63) is 0 Å². The molecule has 0 aromatic rings. The summed E-state index contributed by atoms with van der Waals surface area (Å²) in [4.78, 5) is 14.5. The normalized spacial score (nSPS) is 35.8. The van der Waals surface area contributed by atoms with Crippen molar-refractivity contribution in [2.24, 2.45) is 11.8 Å². The zero-order valence-corrected chi connectivity index (χ0v) is 12.4. The fourth-order valence-electron chi connectivity index (χ4n) is 3.41. The van der Waals surface area contributed by atoms with Gasteiger partial charge < -0.3 is 10.2 Å². The molecule has 3 heterocycles. The molecule has 3 rings (SSSR count). The number of nitrogens with zero attached hydrogens (tertiary/aromatic N) is 1. The molecular weight excluding hydrogens is 268 g/mol. The van der Waals surface area contributed by atoms with Crippen LogP contribution < -0.4 is 5.32 Å². The Labute approximate surface area is 120 Å². The minimum atomic E-state index is 0. The molecule has 3 atom stereocenters. The average Bonchev–Trinajstić information content (AvgIpc) is 2.97. The topological polar surface area (TPSA) is 32.3 Å². The number of thioether (sulfide) groups is 1. The van der Waals surface area contributed by atoms with E-state index in [1.54, 1.807) is 0 Å². The summed E-state index contributed by atoms with van der Waals surface area (Å²) in [6.45, 7) is 4.34. The molecule has 3 aliphatic rings. The van der Waals surface area contributed by atoms with Crippen molar-refractivity contribution in [1.29, 1.82) is 0 Å². The van der Waals surface area contributed by atoms with Gasteiger partial charge in [0.2, 0.25) is 5.91 Å². The smallest absolute Gasteiger partial charge is 0.235 e. The number of hydrogen-bond acceptors (Lipinski definition) is 3. The van der Waals surface area contributed by atoms with Crippen LogP contribution in [0.3, 0.4) is 0 Å². The highest BCUT2D eigenvalue weighted by Crippen LogP contribution is 2.31. The molecule has 0 bridgehead atoms. The Balaban J connectivity index is 0.00000120. The molecule has 1 amide bonds. The lowest BCUT2D eigenvalue weighted by Gasteiger charge is -2.23. The lowest BCUT2D eigenvalue weighted by Crippen LogP contribution is -2.38. The lowest BCUT2D eigenvalue weighted by atomic mass is 9.92. The molecule has 18 heavy (non-hydrogen) atoms. The standard InChI is InChI=1S/C13H22N2OS.ClH/c16-13(12-2-1-7-17-12)15-5-3-10-8-14-9-11(10)4-6-15;/h10-12,14H,1-9H2;1H/t10-,11+,12?;. The first kappa shape index (κ1) is 14.5. The van der Waals surface area contributed by atoms with Crippen LogP contribution in [0.25, 0.3) is 0 Å². The van der Waals surface area contributed by atoms with Crippen molar-refractivity contribution in [1.82, 2.24) is 10.2 Å². The fourth-order valence-corrected chi connectivity index (χ4v) is 4.66. The van der Waals surface area contributed by atoms with Gasteiger partial charge in [-0.15, -0.1) is 24.2 Å². The molecule has 3 aliphatic heterocycles. The van der Waals surface area contributed by atoms with E-state index in [9.17, 15) is 4.79 Å². The van der Waals surface area contributed by atoms with Crippen LogP contribution >= 0.6 is 24.2 Å². The summed E-state index contributed by atoms with van der Waals surface area (Å²) >= 11 is 1.87. The van der Waals surface area contributed by atoms with Crippen LogP contribution in [0.4, 0.5) is 0 Å². The molecule has 3 fully saturated rings. The van der Waals surface area contributed by atoms with Gasteiger partial charge in [-0.2, -0.15) is 0 Å². The van der Waals surface area contributed by atoms with Crippen molar-refractivity contribution >= 4 is 30.1 Å². The highest BCUT2D eigenvalue weighted by molar-refractivity contribution is 8.00. The number of carbonyl (C=O) groups is 1. The second kappa shape index (κ2) is 6.49. The predicted molar refractivity (Wildman–Crippen MR) is 78.4 cm³/mol. The Morgan fingerprint density at radius 3 is 2.33 bits per heavy atom. The summed E-state index contributed by atoms with van der Waals surface area (Å²) in [5, 5.41) is 3.77. The Morgan fingerprint density at radius 1 is 1.11 bits per heavy atom. The van der Waals surface area contributed by atoms with E-state index in [4.69, 9.17) is 0 Å². The molecule has 0 aromatic carbocycles. The second-order valence-corrected chi connectivity index (χ2v) is 6.89. The quantitative estimate of drug-likeness (QED) is 0.799. The van der Waals surface area contributed by atoms with E-state index >= 15 is 0 Å². The van der Waals surface area contributed by atoms with Gasteiger partial charge in [0.05, 0.1) is 5.25 Å². The summed E-state index contributed by atoms with van der Waals surface area (Å²) in [6, 6.07) is 0. The van der Waals surface area contributed by atoms with Crippen molar-refractivity contribution < 1.29 is 4.79 Å². The van der Waals surface area contributed by atoms with Gasteiger partial charge in [0, 0.05) is 13.1 Å². The monoisotopic (exact) mass is 290 g/mol. The molecular formula is C13H23ClN2OS. The Hall–Kier alpha value is 0.0700. The number of likely N-dealkylation sites (tertiary alicyclic amines) is 1. The highest BCUT2D eigenvalue weighted by atomic mass is 35.5. The Bertz CT molecular complexity index is 283. The number of fused-ring (bicyclic) bond motifs is 1. The number of hydrogen-bond donors (Lipinski definition) is 1. The zero-order valence-electron chi connectivity index (χ0n) is 10.8. The number of halogens is 1. The van der Waals surface area contributed by atoms with E-state index in [1.807, 2.05) is 11.8 Å². The van der Waals surface area contributed by atoms with Gasteiger partial charge in [-0.3, -0.25) is 4.79 Å². The van der Waals surface area contributed by atoms with Crippen LogP contribution in [0.5, 0.6) is 0 Å². The lowest BCUT2D eigenvalue weighted by molar-refractivity contribution is -0.130. The minimum absolute atomic E-state index is 0. The highest BCUT2D eigenvalue weighted by Gasteiger charge is 2.34. The van der Waals surface area contributed by atoms with Crippen molar-refractivity contribution in [3.8, 4) is 0 Å². The third-order valence-electron chi connectivity index (χ3n) is 4.54. The predicted octanol–water partition coefficient (Wildman–Crippen LogP) is 1.76. The molecule has 3 nitrogen and oxygen atoms in total. The van der Waals surface area contributed by atoms with Crippen LogP contribution in [-0.4, -0.2) is 48.0 Å².